The maximum Gasteiger partial charge on any atom is 0.255 e. The third-order valence-corrected chi connectivity index (χ3v) is 8.74. The lowest BCUT2D eigenvalue weighted by Gasteiger charge is -2.28. The van der Waals surface area contributed by atoms with Gasteiger partial charge in [-0.15, -0.1) is 0 Å². The third-order valence-electron chi connectivity index (χ3n) is 8.74. The van der Waals surface area contributed by atoms with E-state index in [-0.39, 0.29) is 17.7 Å². The predicted molar refractivity (Wildman–Crippen MR) is 175 cm³/mol. The fourth-order valence-electron chi connectivity index (χ4n) is 6.26. The number of hydroxylamine groups is 1. The zero-order valence-corrected chi connectivity index (χ0v) is 25.5. The number of H-pyrrole nitrogens is 1. The molecule has 0 saturated carbocycles. The number of hydrogen-bond acceptors (Lipinski definition) is 8. The summed E-state index contributed by atoms with van der Waals surface area (Å²) in [5.74, 6) is 0.388. The van der Waals surface area contributed by atoms with Gasteiger partial charge in [-0.2, -0.15) is 10.2 Å². The molecule has 0 aliphatic carbocycles. The number of amides is 2. The molecule has 5 heterocycles. The average molecular weight is 615 g/mol. The molecule has 1 saturated heterocycles. The van der Waals surface area contributed by atoms with Crippen LogP contribution in [-0.2, 0) is 14.4 Å². The van der Waals surface area contributed by atoms with Crippen LogP contribution in [0, 0.1) is 5.92 Å². The molecule has 2 aliphatic rings. The first-order chi connectivity index (χ1) is 22.6. The molecular formula is C35H34N8O3. The van der Waals surface area contributed by atoms with Crippen molar-refractivity contribution in [2.75, 3.05) is 44.9 Å². The van der Waals surface area contributed by atoms with Crippen LogP contribution in [0.2, 0.25) is 0 Å². The summed E-state index contributed by atoms with van der Waals surface area (Å²) in [7, 11) is 1.50. The van der Waals surface area contributed by atoms with Crippen molar-refractivity contribution in [3.63, 3.8) is 0 Å². The quantitative estimate of drug-likeness (QED) is 0.252. The first kappa shape index (κ1) is 29.5. The number of benzene rings is 2. The summed E-state index contributed by atoms with van der Waals surface area (Å²) in [5, 5.41) is 9.78. The Bertz CT molecular complexity index is 1880. The molecule has 1 atom stereocenters. The number of hydrogen-bond donors (Lipinski definition) is 1. The van der Waals surface area contributed by atoms with Gasteiger partial charge in [0, 0.05) is 60.9 Å². The van der Waals surface area contributed by atoms with Gasteiger partial charge in [0.2, 0.25) is 5.91 Å². The maximum absolute atomic E-state index is 13.6. The Morgan fingerprint density at radius 3 is 2.48 bits per heavy atom. The van der Waals surface area contributed by atoms with Crippen LogP contribution in [0.15, 0.2) is 91.5 Å². The van der Waals surface area contributed by atoms with Crippen LogP contribution in [0.4, 0.5) is 5.69 Å². The van der Waals surface area contributed by atoms with E-state index in [1.807, 2.05) is 47.4 Å². The molecular weight excluding hydrogens is 580 g/mol. The van der Waals surface area contributed by atoms with E-state index in [2.05, 4.69) is 48.3 Å². The highest BCUT2D eigenvalue weighted by atomic mass is 16.7. The van der Waals surface area contributed by atoms with Crippen LogP contribution < -0.4 is 5.06 Å². The molecule has 232 valence electrons. The number of fused-ring (bicyclic) bond motifs is 1. The van der Waals surface area contributed by atoms with Gasteiger partial charge in [0.1, 0.15) is 5.69 Å². The van der Waals surface area contributed by atoms with Gasteiger partial charge >= 0.3 is 0 Å². The molecule has 5 aromatic rings. The number of rotatable bonds is 8. The van der Waals surface area contributed by atoms with E-state index in [4.69, 9.17) is 4.84 Å². The second-order valence-electron chi connectivity index (χ2n) is 11.5. The first-order valence-electron chi connectivity index (χ1n) is 15.4. The SMILES string of the molecule is CON(C(=O)[C@@H]1CCN(CC(=O)N2CC=C(c3ccc(-c4ncccn4)cc3)CC2)C1)c1ccc2[nH]nc(-c3ccncc3)c2c1. The predicted octanol–water partition coefficient (Wildman–Crippen LogP) is 4.61. The minimum absolute atomic E-state index is 0.0811. The van der Waals surface area contributed by atoms with Gasteiger partial charge in [-0.25, -0.2) is 9.97 Å². The fraction of sp³-hybridized carbons (Fsp3) is 0.257. The monoisotopic (exact) mass is 614 g/mol. The smallest absolute Gasteiger partial charge is 0.255 e. The van der Waals surface area contributed by atoms with Crippen molar-refractivity contribution in [2.45, 2.75) is 12.8 Å². The van der Waals surface area contributed by atoms with Gasteiger partial charge in [0.15, 0.2) is 5.82 Å². The van der Waals surface area contributed by atoms with Crippen LogP contribution in [0.25, 0.3) is 39.1 Å². The van der Waals surface area contributed by atoms with Crippen molar-refractivity contribution in [1.82, 2.24) is 34.9 Å². The van der Waals surface area contributed by atoms with Gasteiger partial charge in [-0.05, 0) is 66.9 Å². The number of aromatic amines is 1. The molecule has 0 radical (unpaired) electrons. The van der Waals surface area contributed by atoms with Gasteiger partial charge in [-0.3, -0.25) is 29.4 Å². The molecule has 1 fully saturated rings. The number of pyridine rings is 1. The Labute approximate surface area is 266 Å². The third kappa shape index (κ3) is 6.02. The van der Waals surface area contributed by atoms with Crippen LogP contribution in [0.3, 0.4) is 0 Å². The van der Waals surface area contributed by atoms with Crippen molar-refractivity contribution >= 4 is 34.0 Å². The summed E-state index contributed by atoms with van der Waals surface area (Å²) < 4.78 is 0. The van der Waals surface area contributed by atoms with Crippen LogP contribution in [0.1, 0.15) is 18.4 Å². The molecule has 2 amide bonds. The average Bonchev–Trinajstić information content (AvgIpc) is 3.77. The number of nitrogens with zero attached hydrogens (tertiary/aromatic N) is 7. The highest BCUT2D eigenvalue weighted by Gasteiger charge is 2.34. The lowest BCUT2D eigenvalue weighted by Crippen LogP contribution is -2.42. The highest BCUT2D eigenvalue weighted by Crippen LogP contribution is 2.31. The second-order valence-corrected chi connectivity index (χ2v) is 11.5. The Morgan fingerprint density at radius 1 is 0.957 bits per heavy atom. The summed E-state index contributed by atoms with van der Waals surface area (Å²) in [5.41, 5.74) is 6.56. The second kappa shape index (κ2) is 13.0. The molecule has 2 aliphatic heterocycles. The number of carbonyl (C=O) groups excluding carboxylic acids is 2. The maximum atomic E-state index is 13.6. The Hall–Kier alpha value is -5.26. The van der Waals surface area contributed by atoms with Crippen LogP contribution in [0.5, 0.6) is 0 Å². The minimum atomic E-state index is -0.274. The van der Waals surface area contributed by atoms with Gasteiger partial charge in [-0.1, -0.05) is 30.3 Å². The summed E-state index contributed by atoms with van der Waals surface area (Å²) in [6, 6.07) is 19.5. The number of anilines is 1. The van der Waals surface area contributed by atoms with Crippen molar-refractivity contribution in [1.29, 1.82) is 0 Å². The number of aromatic nitrogens is 5. The summed E-state index contributed by atoms with van der Waals surface area (Å²) in [6.45, 7) is 2.72. The normalized spacial score (nSPS) is 16.8. The lowest BCUT2D eigenvalue weighted by molar-refractivity contribution is -0.132. The standard InChI is InChI=1S/C35H34N8O3/c1-46-43(29-7-8-31-30(21-29)33(40-39-31)26-9-16-36-17-10-26)35(45)28-11-18-41(22-28)23-32(44)42-19-12-25(13-20-42)24-3-5-27(6-4-24)34-37-14-2-15-38-34/h2-10,12,14-17,21,28H,11,13,18-20,22-23H2,1H3,(H,39,40)/t28-/m1/s1. The van der Waals surface area contributed by atoms with Gasteiger partial charge in [0.25, 0.3) is 5.91 Å². The summed E-state index contributed by atoms with van der Waals surface area (Å²) in [6.07, 6.45) is 10.5. The fourth-order valence-corrected chi connectivity index (χ4v) is 6.26. The van der Waals surface area contributed by atoms with E-state index in [0.717, 1.165) is 39.7 Å². The molecule has 0 spiro atoms. The minimum Gasteiger partial charge on any atom is -0.338 e. The largest absolute Gasteiger partial charge is 0.338 e. The molecule has 3 aromatic heterocycles. The molecule has 1 N–H and O–H groups in total. The topological polar surface area (TPSA) is 120 Å². The van der Waals surface area contributed by atoms with Crippen LogP contribution >= 0.6 is 0 Å². The van der Waals surface area contributed by atoms with Gasteiger partial charge < -0.3 is 4.90 Å². The Morgan fingerprint density at radius 2 is 1.74 bits per heavy atom. The molecule has 11 nitrogen and oxygen atoms in total. The summed E-state index contributed by atoms with van der Waals surface area (Å²) >= 11 is 0. The van der Waals surface area contributed by atoms with Crippen molar-refractivity contribution < 1.29 is 14.4 Å². The first-order valence-corrected chi connectivity index (χ1v) is 15.4. The molecule has 11 heteroatoms. The number of likely N-dealkylation sites (tertiary alicyclic amines) is 1. The molecule has 2 aromatic carbocycles. The van der Waals surface area contributed by atoms with E-state index < -0.39 is 0 Å². The van der Waals surface area contributed by atoms with E-state index >= 15 is 0 Å². The molecule has 46 heavy (non-hydrogen) atoms. The van der Waals surface area contributed by atoms with E-state index in [1.54, 1.807) is 30.9 Å². The Balaban J connectivity index is 0.954. The van der Waals surface area contributed by atoms with Crippen LogP contribution in [-0.4, -0.2) is 86.6 Å². The van der Waals surface area contributed by atoms with E-state index in [1.165, 1.54) is 17.7 Å². The van der Waals surface area contributed by atoms with Crippen molar-refractivity contribution in [3.8, 4) is 22.6 Å². The van der Waals surface area contributed by atoms with E-state index in [9.17, 15) is 9.59 Å². The number of carbonyl (C=O) groups is 2. The number of nitrogens with one attached hydrogen (secondary N) is 1. The molecule has 0 bridgehead atoms. The molecule has 7 rings (SSSR count). The van der Waals surface area contributed by atoms with Crippen molar-refractivity contribution in [3.05, 3.63) is 97.1 Å². The lowest BCUT2D eigenvalue weighted by atomic mass is 9.98. The van der Waals surface area contributed by atoms with E-state index in [0.29, 0.717) is 50.7 Å². The zero-order valence-electron chi connectivity index (χ0n) is 25.5. The Kier molecular flexibility index (Phi) is 8.32. The zero-order chi connectivity index (χ0) is 31.5. The van der Waals surface area contributed by atoms with Crippen molar-refractivity contribution in [2.24, 2.45) is 5.92 Å². The van der Waals surface area contributed by atoms with Gasteiger partial charge in [0.05, 0.1) is 30.8 Å². The molecule has 0 unspecified atom stereocenters. The highest BCUT2D eigenvalue weighted by molar-refractivity contribution is 5.99. The summed E-state index contributed by atoms with van der Waals surface area (Å²) in [4.78, 5) is 49.2.